The molecule has 2 nitrogen and oxygen atoms in total. The predicted molar refractivity (Wildman–Crippen MR) is 66.8 cm³/mol. The van der Waals surface area contributed by atoms with Gasteiger partial charge < -0.3 is 4.74 Å². The quantitative estimate of drug-likeness (QED) is 0.774. The third-order valence-corrected chi connectivity index (χ3v) is 3.75. The van der Waals surface area contributed by atoms with E-state index in [1.165, 1.54) is 12.0 Å². The second kappa shape index (κ2) is 4.46. The lowest BCUT2D eigenvalue weighted by Crippen LogP contribution is -2.53. The van der Waals surface area contributed by atoms with Gasteiger partial charge in [-0.3, -0.25) is 4.90 Å². The second-order valence-corrected chi connectivity index (χ2v) is 4.83. The molecule has 1 aromatic carbocycles. The molecule has 16 heavy (non-hydrogen) atoms. The fraction of sp³-hybridized carbons (Fsp3) is 0.571. The van der Waals surface area contributed by atoms with E-state index in [-0.39, 0.29) is 0 Å². The molecule has 0 bridgehead atoms. The van der Waals surface area contributed by atoms with Crippen LogP contribution in [0, 0.1) is 0 Å². The lowest BCUT2D eigenvalue weighted by molar-refractivity contribution is -0.000201. The zero-order valence-corrected chi connectivity index (χ0v) is 10.6. The number of nitrogens with zero attached hydrogens (tertiary/aromatic N) is 1. The molecule has 0 aliphatic carbocycles. The fourth-order valence-electron chi connectivity index (χ4n) is 2.85. The van der Waals surface area contributed by atoms with Gasteiger partial charge in [-0.15, -0.1) is 0 Å². The van der Waals surface area contributed by atoms with Crippen LogP contribution in [0.15, 0.2) is 24.3 Å². The maximum Gasteiger partial charge on any atom is 0.118 e. The normalized spacial score (nSPS) is 27.2. The van der Waals surface area contributed by atoms with Crippen molar-refractivity contribution in [2.24, 2.45) is 0 Å². The molecule has 1 aromatic rings. The van der Waals surface area contributed by atoms with E-state index in [1.54, 1.807) is 7.11 Å². The van der Waals surface area contributed by atoms with Gasteiger partial charge in [-0.2, -0.15) is 0 Å². The monoisotopic (exact) mass is 219 g/mol. The van der Waals surface area contributed by atoms with Crippen molar-refractivity contribution in [3.05, 3.63) is 29.8 Å². The third kappa shape index (κ3) is 1.94. The summed E-state index contributed by atoms with van der Waals surface area (Å²) in [6, 6.07) is 10.4. The van der Waals surface area contributed by atoms with Crippen LogP contribution in [-0.4, -0.2) is 24.1 Å². The van der Waals surface area contributed by atoms with Crippen molar-refractivity contribution < 1.29 is 4.74 Å². The summed E-state index contributed by atoms with van der Waals surface area (Å²) >= 11 is 0. The Balaban J connectivity index is 2.11. The van der Waals surface area contributed by atoms with Crippen LogP contribution in [0.2, 0.25) is 0 Å². The minimum atomic E-state index is 0.504. The third-order valence-electron chi connectivity index (χ3n) is 3.75. The van der Waals surface area contributed by atoms with Crippen LogP contribution in [0.3, 0.4) is 0 Å². The molecule has 1 aliphatic heterocycles. The summed E-state index contributed by atoms with van der Waals surface area (Å²) in [5, 5.41) is 0. The second-order valence-electron chi connectivity index (χ2n) is 4.83. The first-order chi connectivity index (χ1) is 7.63. The molecule has 3 unspecified atom stereocenters. The van der Waals surface area contributed by atoms with Gasteiger partial charge in [0.2, 0.25) is 0 Å². The standard InChI is InChI=1S/C14H21NO/c1-10-9-11(2)15(10)12(3)13-5-7-14(16-4)8-6-13/h5-8,10-12H,9H2,1-4H3. The first-order valence-electron chi connectivity index (χ1n) is 6.05. The van der Waals surface area contributed by atoms with Gasteiger partial charge in [-0.1, -0.05) is 12.1 Å². The zero-order valence-electron chi connectivity index (χ0n) is 10.6. The van der Waals surface area contributed by atoms with Crippen LogP contribution in [-0.2, 0) is 0 Å². The maximum absolute atomic E-state index is 5.18. The summed E-state index contributed by atoms with van der Waals surface area (Å²) in [5.74, 6) is 0.931. The SMILES string of the molecule is COc1ccc(C(C)N2C(C)CC2C)cc1. The number of likely N-dealkylation sites (tertiary alicyclic amines) is 1. The van der Waals surface area contributed by atoms with Crippen molar-refractivity contribution in [1.29, 1.82) is 0 Å². The lowest BCUT2D eigenvalue weighted by Gasteiger charge is -2.49. The molecule has 1 fully saturated rings. The van der Waals surface area contributed by atoms with Crippen LogP contribution in [0.1, 0.15) is 38.8 Å². The highest BCUT2D eigenvalue weighted by Crippen LogP contribution is 2.35. The average Bonchev–Trinajstić information content (AvgIpc) is 2.28. The van der Waals surface area contributed by atoms with Crippen LogP contribution >= 0.6 is 0 Å². The first kappa shape index (κ1) is 11.5. The largest absolute Gasteiger partial charge is 0.497 e. The minimum absolute atomic E-state index is 0.504. The Morgan fingerprint density at radius 2 is 1.75 bits per heavy atom. The van der Waals surface area contributed by atoms with Gasteiger partial charge >= 0.3 is 0 Å². The van der Waals surface area contributed by atoms with Crippen LogP contribution < -0.4 is 4.74 Å². The molecular weight excluding hydrogens is 198 g/mol. The molecule has 2 heteroatoms. The summed E-state index contributed by atoms with van der Waals surface area (Å²) in [4.78, 5) is 2.57. The molecule has 3 atom stereocenters. The Morgan fingerprint density at radius 3 is 2.19 bits per heavy atom. The van der Waals surface area contributed by atoms with Crippen molar-refractivity contribution in [2.45, 2.75) is 45.3 Å². The van der Waals surface area contributed by atoms with E-state index < -0.39 is 0 Å². The summed E-state index contributed by atoms with van der Waals surface area (Å²) in [5.41, 5.74) is 1.37. The van der Waals surface area contributed by atoms with E-state index in [0.29, 0.717) is 18.1 Å². The summed E-state index contributed by atoms with van der Waals surface area (Å²) < 4.78 is 5.18. The van der Waals surface area contributed by atoms with Gasteiger partial charge in [0.15, 0.2) is 0 Å². The molecule has 88 valence electrons. The summed E-state index contributed by atoms with van der Waals surface area (Å²) in [6.45, 7) is 6.90. The Kier molecular flexibility index (Phi) is 3.20. The van der Waals surface area contributed by atoms with Crippen molar-refractivity contribution in [1.82, 2.24) is 4.90 Å². The Bertz CT molecular complexity index is 338. The van der Waals surface area contributed by atoms with Crippen LogP contribution in [0.4, 0.5) is 0 Å². The molecule has 1 saturated heterocycles. The van der Waals surface area contributed by atoms with E-state index in [0.717, 1.165) is 5.75 Å². The molecule has 0 radical (unpaired) electrons. The summed E-state index contributed by atoms with van der Waals surface area (Å²) in [6.07, 6.45) is 1.32. The average molecular weight is 219 g/mol. The Morgan fingerprint density at radius 1 is 1.19 bits per heavy atom. The van der Waals surface area contributed by atoms with Gasteiger partial charge in [-0.05, 0) is 44.9 Å². The minimum Gasteiger partial charge on any atom is -0.497 e. The van der Waals surface area contributed by atoms with Crippen molar-refractivity contribution in [3.8, 4) is 5.75 Å². The highest BCUT2D eigenvalue weighted by Gasteiger charge is 2.35. The molecule has 1 heterocycles. The fourth-order valence-corrected chi connectivity index (χ4v) is 2.85. The topological polar surface area (TPSA) is 12.5 Å². The Labute approximate surface area is 98.2 Å². The maximum atomic E-state index is 5.18. The lowest BCUT2D eigenvalue weighted by atomic mass is 9.91. The van der Waals surface area contributed by atoms with E-state index in [1.807, 2.05) is 12.1 Å². The first-order valence-corrected chi connectivity index (χ1v) is 6.05. The molecule has 0 aromatic heterocycles. The highest BCUT2D eigenvalue weighted by molar-refractivity contribution is 5.29. The molecule has 1 aliphatic rings. The Hall–Kier alpha value is -1.02. The number of ether oxygens (including phenoxy) is 1. The molecule has 2 rings (SSSR count). The zero-order chi connectivity index (χ0) is 11.7. The van der Waals surface area contributed by atoms with E-state index in [2.05, 4.69) is 37.8 Å². The van der Waals surface area contributed by atoms with Gasteiger partial charge in [0.25, 0.3) is 0 Å². The predicted octanol–water partition coefficient (Wildman–Crippen LogP) is 3.24. The number of hydrogen-bond donors (Lipinski definition) is 0. The van der Waals surface area contributed by atoms with Gasteiger partial charge in [0.1, 0.15) is 5.75 Å². The molecule has 0 saturated carbocycles. The van der Waals surface area contributed by atoms with Gasteiger partial charge in [0.05, 0.1) is 7.11 Å². The molecule has 0 amide bonds. The van der Waals surface area contributed by atoms with Gasteiger partial charge in [-0.25, -0.2) is 0 Å². The smallest absolute Gasteiger partial charge is 0.118 e. The molecule has 0 spiro atoms. The van der Waals surface area contributed by atoms with E-state index in [4.69, 9.17) is 4.74 Å². The number of rotatable bonds is 3. The van der Waals surface area contributed by atoms with Crippen LogP contribution in [0.25, 0.3) is 0 Å². The van der Waals surface area contributed by atoms with Crippen molar-refractivity contribution in [2.75, 3.05) is 7.11 Å². The number of hydrogen-bond acceptors (Lipinski definition) is 2. The number of methoxy groups -OCH3 is 1. The van der Waals surface area contributed by atoms with Gasteiger partial charge in [0, 0.05) is 18.1 Å². The van der Waals surface area contributed by atoms with E-state index in [9.17, 15) is 0 Å². The molecule has 0 N–H and O–H groups in total. The van der Waals surface area contributed by atoms with Crippen molar-refractivity contribution in [3.63, 3.8) is 0 Å². The van der Waals surface area contributed by atoms with E-state index >= 15 is 0 Å². The van der Waals surface area contributed by atoms with Crippen molar-refractivity contribution >= 4 is 0 Å². The van der Waals surface area contributed by atoms with Crippen LogP contribution in [0.5, 0.6) is 5.75 Å². The number of benzene rings is 1. The summed E-state index contributed by atoms with van der Waals surface area (Å²) in [7, 11) is 1.71. The highest BCUT2D eigenvalue weighted by atomic mass is 16.5. The molecular formula is C14H21NO.